The Morgan fingerprint density at radius 3 is 2.16 bits per heavy atom. The highest BCUT2D eigenvalue weighted by Gasteiger charge is 2.22. The first-order valence-corrected chi connectivity index (χ1v) is 11.6. The molecule has 0 saturated carbocycles. The third-order valence-electron chi connectivity index (χ3n) is 4.60. The fourth-order valence-corrected chi connectivity index (χ4v) is 3.68. The van der Waals surface area contributed by atoms with Crippen LogP contribution < -0.4 is 4.72 Å². The zero-order valence-corrected chi connectivity index (χ0v) is 18.1. The van der Waals surface area contributed by atoms with Crippen molar-refractivity contribution in [2.24, 2.45) is 0 Å². The van der Waals surface area contributed by atoms with Crippen molar-refractivity contribution >= 4 is 27.5 Å². The van der Waals surface area contributed by atoms with Crippen LogP contribution in [0.5, 0.6) is 0 Å². The average Bonchev–Trinajstić information content (AvgIpc) is 2.73. The summed E-state index contributed by atoms with van der Waals surface area (Å²) in [6.07, 6.45) is 0.623. The molecule has 0 aliphatic carbocycles. The highest BCUT2D eigenvalue weighted by Crippen LogP contribution is 2.18. The van der Waals surface area contributed by atoms with Gasteiger partial charge >= 0.3 is 5.97 Å². The molecule has 0 heterocycles. The van der Waals surface area contributed by atoms with E-state index < -0.39 is 22.1 Å². The van der Waals surface area contributed by atoms with Crippen molar-refractivity contribution in [1.29, 1.82) is 0 Å². The minimum atomic E-state index is -3.40. The Morgan fingerprint density at radius 1 is 0.903 bits per heavy atom. The number of esters is 1. The van der Waals surface area contributed by atoms with Crippen molar-refractivity contribution in [3.05, 3.63) is 101 Å². The van der Waals surface area contributed by atoms with E-state index in [-0.39, 0.29) is 5.78 Å². The molecular formula is C24H23NO5S. The van der Waals surface area contributed by atoms with Gasteiger partial charge in [-0.3, -0.25) is 9.52 Å². The number of anilines is 1. The Morgan fingerprint density at radius 2 is 1.52 bits per heavy atom. The van der Waals surface area contributed by atoms with Crippen LogP contribution in [0.3, 0.4) is 0 Å². The largest absolute Gasteiger partial charge is 0.451 e. The molecule has 0 amide bonds. The van der Waals surface area contributed by atoms with Crippen LogP contribution in [0.2, 0.25) is 0 Å². The first kappa shape index (κ1) is 22.2. The molecule has 0 aliphatic heterocycles. The zero-order chi connectivity index (χ0) is 22.4. The van der Waals surface area contributed by atoms with Gasteiger partial charge in [0.2, 0.25) is 15.8 Å². The Balaban J connectivity index is 1.70. The lowest BCUT2D eigenvalue weighted by atomic mass is 10.00. The summed E-state index contributed by atoms with van der Waals surface area (Å²) in [6, 6.07) is 22.9. The van der Waals surface area contributed by atoms with E-state index in [0.29, 0.717) is 23.2 Å². The molecule has 3 aromatic carbocycles. The van der Waals surface area contributed by atoms with Gasteiger partial charge in [0.25, 0.3) is 0 Å². The molecule has 0 radical (unpaired) electrons. The molecule has 160 valence electrons. The predicted octanol–water partition coefficient (Wildman–Crippen LogP) is 4.08. The summed E-state index contributed by atoms with van der Waals surface area (Å²) in [5.74, 6) is -0.942. The summed E-state index contributed by atoms with van der Waals surface area (Å²) in [6.45, 7) is 1.52. The zero-order valence-electron chi connectivity index (χ0n) is 17.2. The smallest absolute Gasteiger partial charge is 0.339 e. The van der Waals surface area contributed by atoms with E-state index in [1.54, 1.807) is 12.1 Å². The number of nitrogens with one attached hydrogen (secondary N) is 1. The molecule has 0 aromatic heterocycles. The average molecular weight is 438 g/mol. The van der Waals surface area contributed by atoms with Crippen molar-refractivity contribution in [1.82, 2.24) is 0 Å². The van der Waals surface area contributed by atoms with Crippen LogP contribution in [-0.4, -0.2) is 32.5 Å². The van der Waals surface area contributed by atoms with Crippen molar-refractivity contribution in [2.45, 2.75) is 19.4 Å². The maximum Gasteiger partial charge on any atom is 0.339 e. The number of hydrogen-bond acceptors (Lipinski definition) is 5. The molecule has 3 rings (SSSR count). The SMILES string of the molecule is CC(OC(=O)c1ccccc1Cc1ccccc1)C(=O)c1ccc(NS(C)(=O)=O)cc1. The molecule has 1 N–H and O–H groups in total. The van der Waals surface area contributed by atoms with E-state index in [4.69, 9.17) is 4.74 Å². The maximum absolute atomic E-state index is 12.8. The van der Waals surface area contributed by atoms with Crippen molar-refractivity contribution in [3.8, 4) is 0 Å². The van der Waals surface area contributed by atoms with Gasteiger partial charge in [-0.15, -0.1) is 0 Å². The predicted molar refractivity (Wildman–Crippen MR) is 120 cm³/mol. The van der Waals surface area contributed by atoms with Crippen LogP contribution in [0.15, 0.2) is 78.9 Å². The number of Topliss-reactive ketones (excluding diaryl/α,β-unsaturated/α-hetero) is 1. The van der Waals surface area contributed by atoms with Gasteiger partial charge in [-0.05, 0) is 54.8 Å². The molecule has 0 saturated heterocycles. The second-order valence-electron chi connectivity index (χ2n) is 7.18. The van der Waals surface area contributed by atoms with E-state index in [1.807, 2.05) is 42.5 Å². The van der Waals surface area contributed by atoms with Crippen LogP contribution in [0.4, 0.5) is 5.69 Å². The van der Waals surface area contributed by atoms with E-state index in [1.165, 1.54) is 31.2 Å². The number of rotatable bonds is 8. The number of hydrogen-bond donors (Lipinski definition) is 1. The summed E-state index contributed by atoms with van der Waals surface area (Å²) in [5.41, 5.74) is 2.96. The van der Waals surface area contributed by atoms with Gasteiger partial charge in [-0.25, -0.2) is 13.2 Å². The molecule has 3 aromatic rings. The van der Waals surface area contributed by atoms with Gasteiger partial charge in [0.1, 0.15) is 0 Å². The summed E-state index contributed by atoms with van der Waals surface area (Å²) < 4.78 is 30.4. The van der Waals surface area contributed by atoms with E-state index in [9.17, 15) is 18.0 Å². The standard InChI is InChI=1S/C24H23NO5S/c1-17(23(26)19-12-14-21(15-13-19)25-31(2,28)29)30-24(27)22-11-7-6-10-20(22)16-18-8-4-3-5-9-18/h3-15,17,25H,16H2,1-2H3. The van der Waals surface area contributed by atoms with Crippen LogP contribution in [0, 0.1) is 0 Å². The van der Waals surface area contributed by atoms with Crippen LogP contribution >= 0.6 is 0 Å². The molecule has 1 atom stereocenters. The molecule has 0 fully saturated rings. The Labute approximate surface area is 181 Å². The first-order chi connectivity index (χ1) is 14.7. The molecule has 1 unspecified atom stereocenters. The first-order valence-electron chi connectivity index (χ1n) is 9.68. The fourth-order valence-electron chi connectivity index (χ4n) is 3.12. The fraction of sp³-hybridized carbons (Fsp3) is 0.167. The molecule has 0 spiro atoms. The topological polar surface area (TPSA) is 89.5 Å². The molecular weight excluding hydrogens is 414 g/mol. The Hall–Kier alpha value is -3.45. The molecule has 6 nitrogen and oxygen atoms in total. The second-order valence-corrected chi connectivity index (χ2v) is 8.93. The van der Waals surface area contributed by atoms with Crippen LogP contribution in [-0.2, 0) is 21.2 Å². The third kappa shape index (κ3) is 6.26. The maximum atomic E-state index is 12.8. The van der Waals surface area contributed by atoms with Crippen molar-refractivity contribution in [2.75, 3.05) is 11.0 Å². The Kier molecular flexibility index (Phi) is 6.87. The number of carbonyl (C=O) groups excluding carboxylic acids is 2. The van der Waals surface area contributed by atoms with E-state index >= 15 is 0 Å². The summed E-state index contributed by atoms with van der Waals surface area (Å²) in [7, 11) is -3.40. The minimum Gasteiger partial charge on any atom is -0.451 e. The number of carbonyl (C=O) groups is 2. The van der Waals surface area contributed by atoms with Crippen LogP contribution in [0.25, 0.3) is 0 Å². The van der Waals surface area contributed by atoms with E-state index in [0.717, 1.165) is 17.4 Å². The summed E-state index contributed by atoms with van der Waals surface area (Å²) in [4.78, 5) is 25.4. The lowest BCUT2D eigenvalue weighted by Crippen LogP contribution is -2.25. The second kappa shape index (κ2) is 9.57. The number of sulfonamides is 1. The van der Waals surface area contributed by atoms with Gasteiger partial charge < -0.3 is 4.74 Å². The van der Waals surface area contributed by atoms with Gasteiger partial charge in [0, 0.05) is 11.3 Å². The van der Waals surface area contributed by atoms with Crippen molar-refractivity contribution in [3.63, 3.8) is 0 Å². The number of ketones is 1. The normalized spacial score (nSPS) is 12.1. The molecule has 31 heavy (non-hydrogen) atoms. The van der Waals surface area contributed by atoms with E-state index in [2.05, 4.69) is 4.72 Å². The molecule has 0 bridgehead atoms. The summed E-state index contributed by atoms with van der Waals surface area (Å²) in [5, 5.41) is 0. The number of benzene rings is 3. The Bertz CT molecular complexity index is 1170. The summed E-state index contributed by atoms with van der Waals surface area (Å²) >= 11 is 0. The quantitative estimate of drug-likeness (QED) is 0.424. The minimum absolute atomic E-state index is 0.317. The van der Waals surface area contributed by atoms with Gasteiger partial charge in [0.15, 0.2) is 6.10 Å². The third-order valence-corrected chi connectivity index (χ3v) is 5.21. The molecule has 7 heteroatoms. The van der Waals surface area contributed by atoms with Crippen LogP contribution in [0.1, 0.15) is 38.8 Å². The van der Waals surface area contributed by atoms with Crippen molar-refractivity contribution < 1.29 is 22.7 Å². The van der Waals surface area contributed by atoms with Gasteiger partial charge in [-0.1, -0.05) is 48.5 Å². The van der Waals surface area contributed by atoms with Gasteiger partial charge in [-0.2, -0.15) is 0 Å². The highest BCUT2D eigenvalue weighted by molar-refractivity contribution is 7.92. The highest BCUT2D eigenvalue weighted by atomic mass is 32.2. The molecule has 0 aliphatic rings. The lowest BCUT2D eigenvalue weighted by molar-refractivity contribution is 0.0318. The lowest BCUT2D eigenvalue weighted by Gasteiger charge is -2.15. The monoisotopic (exact) mass is 437 g/mol. The van der Waals surface area contributed by atoms with Gasteiger partial charge in [0.05, 0.1) is 11.8 Å². The number of ether oxygens (including phenoxy) is 1.